The Bertz CT molecular complexity index is 578. The van der Waals surface area contributed by atoms with Gasteiger partial charge in [0.05, 0.1) is 21.3 Å². The van der Waals surface area contributed by atoms with E-state index in [1.807, 2.05) is 23.1 Å². The van der Waals surface area contributed by atoms with Gasteiger partial charge in [-0.3, -0.25) is 4.79 Å². The summed E-state index contributed by atoms with van der Waals surface area (Å²) in [4.78, 5) is 14.3. The molecule has 0 radical (unpaired) electrons. The zero-order valence-corrected chi connectivity index (χ0v) is 15.3. The Morgan fingerprint density at radius 2 is 1.92 bits per heavy atom. The Labute approximate surface area is 149 Å². The molecule has 0 bridgehead atoms. The Kier molecular flexibility index (Phi) is 7.13. The zero-order valence-electron chi connectivity index (χ0n) is 15.3. The number of nitrogens with zero attached hydrogens (tertiary/aromatic N) is 1. The molecule has 0 aromatic heterocycles. The number of methoxy groups -OCH3 is 3. The van der Waals surface area contributed by atoms with Crippen LogP contribution in [0.2, 0.25) is 0 Å². The van der Waals surface area contributed by atoms with Gasteiger partial charge in [0.15, 0.2) is 11.5 Å². The second-order valence-electron chi connectivity index (χ2n) is 6.03. The summed E-state index contributed by atoms with van der Waals surface area (Å²) in [6.45, 7) is 5.90. The summed E-state index contributed by atoms with van der Waals surface area (Å²) in [5.74, 6) is 1.97. The predicted octanol–water partition coefficient (Wildman–Crippen LogP) is 2.37. The molecular formula is C19H28N2O4. The van der Waals surface area contributed by atoms with Gasteiger partial charge in [-0.1, -0.05) is 6.08 Å². The molecule has 0 saturated carbocycles. The van der Waals surface area contributed by atoms with Crippen LogP contribution >= 0.6 is 0 Å². The number of carbonyl (C=O) groups is 1. The highest BCUT2D eigenvalue weighted by Gasteiger charge is 2.30. The number of rotatable bonds is 10. The first-order chi connectivity index (χ1) is 12.1. The third kappa shape index (κ3) is 4.66. The molecule has 1 N–H and O–H groups in total. The molecule has 1 unspecified atom stereocenters. The second kappa shape index (κ2) is 9.32. The minimum atomic E-state index is 0.197. The van der Waals surface area contributed by atoms with Gasteiger partial charge in [0, 0.05) is 25.6 Å². The summed E-state index contributed by atoms with van der Waals surface area (Å²) in [5.41, 5.74) is 0.966. The van der Waals surface area contributed by atoms with Crippen LogP contribution in [0, 0.1) is 0 Å². The van der Waals surface area contributed by atoms with Crippen LogP contribution in [0.3, 0.4) is 0 Å². The number of carbonyl (C=O) groups excluding carboxylic acids is 1. The van der Waals surface area contributed by atoms with E-state index in [1.165, 1.54) is 0 Å². The van der Waals surface area contributed by atoms with E-state index in [0.717, 1.165) is 31.5 Å². The molecule has 6 heteroatoms. The SMILES string of the molecule is C=CCNCCC1CCC(=O)N1Cc1cc(OC)c(OC)c(OC)c1. The van der Waals surface area contributed by atoms with Crippen LogP contribution in [0.5, 0.6) is 17.2 Å². The first-order valence-corrected chi connectivity index (χ1v) is 8.54. The molecular weight excluding hydrogens is 320 g/mol. The van der Waals surface area contributed by atoms with E-state index >= 15 is 0 Å². The highest BCUT2D eigenvalue weighted by Crippen LogP contribution is 2.39. The van der Waals surface area contributed by atoms with Crippen LogP contribution in [-0.4, -0.2) is 51.3 Å². The van der Waals surface area contributed by atoms with Gasteiger partial charge < -0.3 is 24.4 Å². The Morgan fingerprint density at radius 3 is 2.48 bits per heavy atom. The largest absolute Gasteiger partial charge is 0.493 e. The van der Waals surface area contributed by atoms with Crippen molar-refractivity contribution in [2.45, 2.75) is 31.8 Å². The third-order valence-electron chi connectivity index (χ3n) is 4.47. The van der Waals surface area contributed by atoms with Gasteiger partial charge in [0.25, 0.3) is 0 Å². The van der Waals surface area contributed by atoms with E-state index in [1.54, 1.807) is 21.3 Å². The minimum absolute atomic E-state index is 0.197. The van der Waals surface area contributed by atoms with Gasteiger partial charge in [-0.05, 0) is 37.1 Å². The molecule has 0 spiro atoms. The summed E-state index contributed by atoms with van der Waals surface area (Å²) in [7, 11) is 4.77. The molecule has 1 atom stereocenters. The van der Waals surface area contributed by atoms with Crippen molar-refractivity contribution in [3.05, 3.63) is 30.4 Å². The Balaban J connectivity index is 2.12. The third-order valence-corrected chi connectivity index (χ3v) is 4.47. The smallest absolute Gasteiger partial charge is 0.223 e. The zero-order chi connectivity index (χ0) is 18.2. The van der Waals surface area contributed by atoms with Crippen molar-refractivity contribution in [3.8, 4) is 17.2 Å². The average molecular weight is 348 g/mol. The van der Waals surface area contributed by atoms with Gasteiger partial charge in [-0.2, -0.15) is 0 Å². The molecule has 1 aromatic rings. The van der Waals surface area contributed by atoms with Crippen LogP contribution in [-0.2, 0) is 11.3 Å². The monoisotopic (exact) mass is 348 g/mol. The maximum absolute atomic E-state index is 12.3. The lowest BCUT2D eigenvalue weighted by Crippen LogP contribution is -2.34. The van der Waals surface area contributed by atoms with Gasteiger partial charge in [0.2, 0.25) is 11.7 Å². The van der Waals surface area contributed by atoms with Gasteiger partial charge >= 0.3 is 0 Å². The standard InChI is InChI=1S/C19H28N2O4/c1-5-9-20-10-8-15-6-7-18(22)21(15)13-14-11-16(23-2)19(25-4)17(12-14)24-3/h5,11-12,15,20H,1,6-10,13H2,2-4H3. The van der Waals surface area contributed by atoms with Crippen molar-refractivity contribution in [2.75, 3.05) is 34.4 Å². The number of ether oxygens (including phenoxy) is 3. The fraction of sp³-hybridized carbons (Fsp3) is 0.526. The van der Waals surface area contributed by atoms with Crippen LogP contribution in [0.25, 0.3) is 0 Å². The highest BCUT2D eigenvalue weighted by molar-refractivity contribution is 5.78. The molecule has 25 heavy (non-hydrogen) atoms. The fourth-order valence-electron chi connectivity index (χ4n) is 3.21. The van der Waals surface area contributed by atoms with Crippen molar-refractivity contribution in [2.24, 2.45) is 0 Å². The summed E-state index contributed by atoms with van der Waals surface area (Å²) in [5, 5.41) is 3.30. The molecule has 1 heterocycles. The number of benzene rings is 1. The lowest BCUT2D eigenvalue weighted by Gasteiger charge is -2.26. The molecule has 1 saturated heterocycles. The lowest BCUT2D eigenvalue weighted by atomic mass is 10.1. The van der Waals surface area contributed by atoms with Crippen molar-refractivity contribution < 1.29 is 19.0 Å². The van der Waals surface area contributed by atoms with Gasteiger partial charge in [-0.25, -0.2) is 0 Å². The number of amides is 1. The number of hydrogen-bond acceptors (Lipinski definition) is 5. The minimum Gasteiger partial charge on any atom is -0.493 e. The van der Waals surface area contributed by atoms with Crippen LogP contribution in [0.1, 0.15) is 24.8 Å². The maximum Gasteiger partial charge on any atom is 0.223 e. The van der Waals surface area contributed by atoms with Gasteiger partial charge in [0.1, 0.15) is 0 Å². The van der Waals surface area contributed by atoms with Crippen LogP contribution < -0.4 is 19.5 Å². The van der Waals surface area contributed by atoms with E-state index in [9.17, 15) is 4.79 Å². The Hall–Kier alpha value is -2.21. The van der Waals surface area contributed by atoms with Gasteiger partial charge in [-0.15, -0.1) is 6.58 Å². The first-order valence-electron chi connectivity index (χ1n) is 8.54. The number of likely N-dealkylation sites (tertiary alicyclic amines) is 1. The first kappa shape index (κ1) is 19.1. The molecule has 1 fully saturated rings. The van der Waals surface area contributed by atoms with E-state index in [0.29, 0.717) is 30.2 Å². The van der Waals surface area contributed by atoms with E-state index in [4.69, 9.17) is 14.2 Å². The predicted molar refractivity (Wildman–Crippen MR) is 97.4 cm³/mol. The number of hydrogen-bond donors (Lipinski definition) is 1. The number of nitrogens with one attached hydrogen (secondary N) is 1. The van der Waals surface area contributed by atoms with Crippen molar-refractivity contribution in [3.63, 3.8) is 0 Å². The molecule has 2 rings (SSSR count). The van der Waals surface area contributed by atoms with E-state index < -0.39 is 0 Å². The van der Waals surface area contributed by atoms with E-state index in [2.05, 4.69) is 11.9 Å². The normalized spacial score (nSPS) is 16.8. The average Bonchev–Trinajstić information content (AvgIpc) is 2.97. The molecule has 138 valence electrons. The summed E-state index contributed by atoms with van der Waals surface area (Å²) >= 11 is 0. The summed E-state index contributed by atoms with van der Waals surface area (Å²) in [6, 6.07) is 4.06. The summed E-state index contributed by atoms with van der Waals surface area (Å²) in [6.07, 6.45) is 4.28. The molecule has 1 aliphatic heterocycles. The molecule has 1 aromatic carbocycles. The Morgan fingerprint density at radius 1 is 1.24 bits per heavy atom. The second-order valence-corrected chi connectivity index (χ2v) is 6.03. The maximum atomic E-state index is 12.3. The fourth-order valence-corrected chi connectivity index (χ4v) is 3.21. The molecule has 1 amide bonds. The summed E-state index contributed by atoms with van der Waals surface area (Å²) < 4.78 is 16.2. The van der Waals surface area contributed by atoms with Crippen LogP contribution in [0.4, 0.5) is 0 Å². The van der Waals surface area contributed by atoms with Crippen molar-refractivity contribution >= 4 is 5.91 Å². The van der Waals surface area contributed by atoms with Crippen molar-refractivity contribution in [1.29, 1.82) is 0 Å². The van der Waals surface area contributed by atoms with E-state index in [-0.39, 0.29) is 11.9 Å². The molecule has 0 aliphatic carbocycles. The highest BCUT2D eigenvalue weighted by atomic mass is 16.5. The molecule has 1 aliphatic rings. The van der Waals surface area contributed by atoms with Crippen LogP contribution in [0.15, 0.2) is 24.8 Å². The quantitative estimate of drug-likeness (QED) is 0.520. The van der Waals surface area contributed by atoms with Crippen molar-refractivity contribution in [1.82, 2.24) is 10.2 Å². The lowest BCUT2D eigenvalue weighted by molar-refractivity contribution is -0.129. The topological polar surface area (TPSA) is 60.0 Å². The molecule has 6 nitrogen and oxygen atoms in total.